The van der Waals surface area contributed by atoms with Crippen LogP contribution in [0.2, 0.25) is 10.0 Å². The summed E-state index contributed by atoms with van der Waals surface area (Å²) in [6.45, 7) is 0.167. The molecule has 0 fully saturated rings. The Hall–Kier alpha value is -1.89. The maximum atomic E-state index is 12.4. The Morgan fingerprint density at radius 3 is 2.58 bits per heavy atom. The quantitative estimate of drug-likeness (QED) is 0.660. The second-order valence-electron chi connectivity index (χ2n) is 5.70. The van der Waals surface area contributed by atoms with Gasteiger partial charge in [0.05, 0.1) is 26.9 Å². The van der Waals surface area contributed by atoms with Crippen molar-refractivity contribution in [2.75, 3.05) is 11.9 Å². The molecular formula is C18H13BrCl2N2O3. The molecule has 0 spiro atoms. The van der Waals surface area contributed by atoms with Gasteiger partial charge in [-0.3, -0.25) is 19.3 Å². The molecule has 3 rings (SSSR count). The first-order chi connectivity index (χ1) is 12.4. The lowest BCUT2D eigenvalue weighted by molar-refractivity contribution is -0.116. The largest absolute Gasteiger partial charge is 0.325 e. The fraction of sp³-hybridized carbons (Fsp3) is 0.167. The van der Waals surface area contributed by atoms with E-state index in [1.165, 1.54) is 0 Å². The van der Waals surface area contributed by atoms with Crippen LogP contribution in [0.15, 0.2) is 40.9 Å². The molecule has 1 aliphatic heterocycles. The summed E-state index contributed by atoms with van der Waals surface area (Å²) in [7, 11) is 0. The van der Waals surface area contributed by atoms with Crippen LogP contribution in [0.5, 0.6) is 0 Å². The second-order valence-corrected chi connectivity index (χ2v) is 7.41. The van der Waals surface area contributed by atoms with Crippen LogP contribution in [0.3, 0.4) is 0 Å². The van der Waals surface area contributed by atoms with E-state index < -0.39 is 0 Å². The van der Waals surface area contributed by atoms with Crippen LogP contribution < -0.4 is 5.32 Å². The molecule has 26 heavy (non-hydrogen) atoms. The highest BCUT2D eigenvalue weighted by Gasteiger charge is 2.35. The number of carbonyl (C=O) groups is 3. The summed E-state index contributed by atoms with van der Waals surface area (Å²) < 4.78 is 0.733. The van der Waals surface area contributed by atoms with Crippen LogP contribution in [0.4, 0.5) is 5.69 Å². The first-order valence-corrected chi connectivity index (χ1v) is 9.33. The molecule has 2 aromatic rings. The number of imide groups is 1. The van der Waals surface area contributed by atoms with Gasteiger partial charge in [-0.2, -0.15) is 0 Å². The molecule has 0 aromatic heterocycles. The molecular weight excluding hydrogens is 443 g/mol. The topological polar surface area (TPSA) is 66.5 Å². The molecule has 1 heterocycles. The summed E-state index contributed by atoms with van der Waals surface area (Å²) in [5, 5.41) is 3.29. The van der Waals surface area contributed by atoms with Crippen molar-refractivity contribution in [3.05, 3.63) is 62.0 Å². The van der Waals surface area contributed by atoms with Gasteiger partial charge in [-0.25, -0.2) is 0 Å². The first-order valence-electron chi connectivity index (χ1n) is 7.78. The van der Waals surface area contributed by atoms with E-state index >= 15 is 0 Å². The van der Waals surface area contributed by atoms with Gasteiger partial charge in [0, 0.05) is 17.4 Å². The maximum absolute atomic E-state index is 12.4. The zero-order valence-corrected chi connectivity index (χ0v) is 16.5. The predicted octanol–water partition coefficient (Wildman–Crippen LogP) is 4.77. The number of halogens is 3. The number of carbonyl (C=O) groups excluding carboxylic acids is 3. The highest BCUT2D eigenvalue weighted by Crippen LogP contribution is 2.30. The Kier molecular flexibility index (Phi) is 5.65. The van der Waals surface area contributed by atoms with E-state index in [-0.39, 0.29) is 35.7 Å². The number of hydrogen-bond donors (Lipinski definition) is 1. The zero-order chi connectivity index (χ0) is 18.8. The van der Waals surface area contributed by atoms with Crippen LogP contribution in [0, 0.1) is 0 Å². The SMILES string of the molecule is O=C(CCCN1C(=O)c2ccc(Br)cc2C1=O)Nc1cccc(Cl)c1Cl. The molecule has 0 bridgehead atoms. The van der Waals surface area contributed by atoms with Crippen LogP contribution in [0.25, 0.3) is 0 Å². The van der Waals surface area contributed by atoms with Crippen molar-refractivity contribution in [1.82, 2.24) is 4.90 Å². The van der Waals surface area contributed by atoms with Crippen molar-refractivity contribution in [1.29, 1.82) is 0 Å². The van der Waals surface area contributed by atoms with E-state index in [0.717, 1.165) is 9.37 Å². The van der Waals surface area contributed by atoms with Gasteiger partial charge in [-0.05, 0) is 36.8 Å². The van der Waals surface area contributed by atoms with Crippen LogP contribution in [-0.4, -0.2) is 29.2 Å². The summed E-state index contributed by atoms with van der Waals surface area (Å²) in [5.41, 5.74) is 1.18. The van der Waals surface area contributed by atoms with Crippen molar-refractivity contribution in [3.8, 4) is 0 Å². The van der Waals surface area contributed by atoms with E-state index in [2.05, 4.69) is 21.2 Å². The van der Waals surface area contributed by atoms with Crippen molar-refractivity contribution >= 4 is 62.5 Å². The Balaban J connectivity index is 1.57. The van der Waals surface area contributed by atoms with Crippen molar-refractivity contribution < 1.29 is 14.4 Å². The predicted molar refractivity (Wildman–Crippen MR) is 104 cm³/mol. The van der Waals surface area contributed by atoms with Crippen molar-refractivity contribution in [3.63, 3.8) is 0 Å². The third kappa shape index (κ3) is 3.77. The standard InChI is InChI=1S/C18H13BrCl2N2O3/c19-10-6-7-11-12(9-10)18(26)23(17(11)25)8-2-5-15(24)22-14-4-1-3-13(20)16(14)21/h1,3-4,6-7,9H,2,5,8H2,(H,22,24). The number of anilines is 1. The van der Waals surface area contributed by atoms with E-state index in [1.54, 1.807) is 36.4 Å². The van der Waals surface area contributed by atoms with Gasteiger partial charge < -0.3 is 5.32 Å². The number of nitrogens with one attached hydrogen (secondary N) is 1. The Morgan fingerprint density at radius 2 is 1.81 bits per heavy atom. The monoisotopic (exact) mass is 454 g/mol. The third-order valence-corrected chi connectivity index (χ3v) is 5.26. The molecule has 2 aromatic carbocycles. The first kappa shape index (κ1) is 18.9. The lowest BCUT2D eigenvalue weighted by atomic mass is 10.1. The fourth-order valence-electron chi connectivity index (χ4n) is 2.68. The maximum Gasteiger partial charge on any atom is 0.261 e. The average molecular weight is 456 g/mol. The van der Waals surface area contributed by atoms with E-state index in [9.17, 15) is 14.4 Å². The van der Waals surface area contributed by atoms with Gasteiger partial charge in [0.2, 0.25) is 5.91 Å². The van der Waals surface area contributed by atoms with E-state index in [4.69, 9.17) is 23.2 Å². The third-order valence-electron chi connectivity index (χ3n) is 3.94. The molecule has 0 atom stereocenters. The number of fused-ring (bicyclic) bond motifs is 1. The van der Waals surface area contributed by atoms with Gasteiger partial charge in [0.25, 0.3) is 11.8 Å². The number of nitrogens with zero attached hydrogens (tertiary/aromatic N) is 1. The number of rotatable bonds is 5. The molecule has 0 saturated carbocycles. The minimum atomic E-state index is -0.343. The average Bonchev–Trinajstić information content (AvgIpc) is 2.83. The van der Waals surface area contributed by atoms with Crippen LogP contribution in [-0.2, 0) is 4.79 Å². The minimum absolute atomic E-state index is 0.139. The Labute approximate surface area is 168 Å². The Morgan fingerprint density at radius 1 is 1.08 bits per heavy atom. The minimum Gasteiger partial charge on any atom is -0.325 e. The smallest absolute Gasteiger partial charge is 0.261 e. The fourth-order valence-corrected chi connectivity index (χ4v) is 3.39. The normalized spacial score (nSPS) is 13.1. The van der Waals surface area contributed by atoms with Gasteiger partial charge in [-0.15, -0.1) is 0 Å². The molecule has 0 saturated heterocycles. The molecule has 1 N–H and O–H groups in total. The number of amides is 3. The highest BCUT2D eigenvalue weighted by atomic mass is 79.9. The van der Waals surface area contributed by atoms with Gasteiger partial charge in [0.1, 0.15) is 0 Å². The summed E-state index contributed by atoms with van der Waals surface area (Å²) in [6, 6.07) is 9.92. The summed E-state index contributed by atoms with van der Waals surface area (Å²) in [4.78, 5) is 37.9. The molecule has 5 nitrogen and oxygen atoms in total. The number of benzene rings is 2. The second kappa shape index (κ2) is 7.78. The number of hydrogen-bond acceptors (Lipinski definition) is 3. The molecule has 134 valence electrons. The van der Waals surface area contributed by atoms with E-state index in [0.29, 0.717) is 28.3 Å². The molecule has 8 heteroatoms. The van der Waals surface area contributed by atoms with Crippen LogP contribution >= 0.6 is 39.1 Å². The zero-order valence-electron chi connectivity index (χ0n) is 13.4. The lowest BCUT2D eigenvalue weighted by Gasteiger charge is -2.13. The Bertz CT molecular complexity index is 917. The lowest BCUT2D eigenvalue weighted by Crippen LogP contribution is -2.31. The molecule has 1 aliphatic rings. The molecule has 3 amide bonds. The molecule has 0 unspecified atom stereocenters. The van der Waals surface area contributed by atoms with Gasteiger partial charge in [-0.1, -0.05) is 45.2 Å². The summed E-state index contributed by atoms with van der Waals surface area (Å²) in [6.07, 6.45) is 0.483. The van der Waals surface area contributed by atoms with E-state index in [1.807, 2.05) is 0 Å². The van der Waals surface area contributed by atoms with Gasteiger partial charge >= 0.3 is 0 Å². The van der Waals surface area contributed by atoms with Gasteiger partial charge in [0.15, 0.2) is 0 Å². The van der Waals surface area contributed by atoms with Crippen molar-refractivity contribution in [2.24, 2.45) is 0 Å². The highest BCUT2D eigenvalue weighted by molar-refractivity contribution is 9.10. The van der Waals surface area contributed by atoms with Crippen LogP contribution in [0.1, 0.15) is 33.6 Å². The molecule has 0 aliphatic carbocycles. The summed E-state index contributed by atoms with van der Waals surface area (Å²) >= 11 is 15.2. The summed E-state index contributed by atoms with van der Waals surface area (Å²) in [5.74, 6) is -0.950. The van der Waals surface area contributed by atoms with Crippen molar-refractivity contribution in [2.45, 2.75) is 12.8 Å². The molecule has 0 radical (unpaired) electrons.